The molecule has 0 saturated carbocycles. The molecule has 2 N–H and O–H groups in total. The van der Waals surface area contributed by atoms with Gasteiger partial charge in [0, 0.05) is 58.9 Å². The second kappa shape index (κ2) is 11.1. The summed E-state index contributed by atoms with van der Waals surface area (Å²) in [5.41, 5.74) is 1.34. The van der Waals surface area contributed by atoms with E-state index in [2.05, 4.69) is 44.5 Å². The summed E-state index contributed by atoms with van der Waals surface area (Å²) in [5.74, 6) is 2.32. The van der Waals surface area contributed by atoms with Gasteiger partial charge in [-0.25, -0.2) is 0 Å². The van der Waals surface area contributed by atoms with Gasteiger partial charge in [0.25, 0.3) is 0 Å². The first-order valence-electron chi connectivity index (χ1n) is 9.74. The van der Waals surface area contributed by atoms with E-state index < -0.39 is 0 Å². The molecule has 0 radical (unpaired) electrons. The van der Waals surface area contributed by atoms with Gasteiger partial charge < -0.3 is 15.4 Å². The van der Waals surface area contributed by atoms with Crippen molar-refractivity contribution in [1.29, 1.82) is 0 Å². The van der Waals surface area contributed by atoms with Crippen LogP contribution in [0.4, 0.5) is 0 Å². The largest absolute Gasteiger partial charge is 0.497 e. The van der Waals surface area contributed by atoms with E-state index in [4.69, 9.17) is 4.74 Å². The number of nitrogens with zero attached hydrogens (tertiary/aromatic N) is 3. The van der Waals surface area contributed by atoms with Crippen LogP contribution in [-0.4, -0.2) is 81.8 Å². The summed E-state index contributed by atoms with van der Waals surface area (Å²) in [5, 5.41) is 6.96. The Labute approximate surface area is 180 Å². The quantitative estimate of drug-likeness (QED) is 0.350. The number of piperazine rings is 3. The number of fused-ring (bicyclic) bond motifs is 3. The van der Waals surface area contributed by atoms with E-state index in [1.165, 1.54) is 38.3 Å². The molecule has 27 heavy (non-hydrogen) atoms. The van der Waals surface area contributed by atoms with Crippen LogP contribution in [-0.2, 0) is 0 Å². The third-order valence-corrected chi connectivity index (χ3v) is 5.68. The lowest BCUT2D eigenvalue weighted by molar-refractivity contribution is 0.0154. The van der Waals surface area contributed by atoms with E-state index in [1.807, 2.05) is 19.2 Å². The molecule has 3 fully saturated rings. The molecule has 0 spiro atoms. The van der Waals surface area contributed by atoms with Crippen molar-refractivity contribution >= 4 is 29.9 Å². The number of guanidine groups is 1. The van der Waals surface area contributed by atoms with Crippen LogP contribution in [0.5, 0.6) is 5.75 Å². The van der Waals surface area contributed by atoms with Gasteiger partial charge in [0.05, 0.1) is 7.11 Å². The maximum atomic E-state index is 5.23. The molecule has 3 saturated heterocycles. The molecular formula is C20H34IN5O. The van der Waals surface area contributed by atoms with E-state index in [-0.39, 0.29) is 24.0 Å². The second-order valence-electron chi connectivity index (χ2n) is 7.33. The summed E-state index contributed by atoms with van der Waals surface area (Å²) in [6.07, 6.45) is 1.07. The number of nitrogens with one attached hydrogen (secondary N) is 2. The van der Waals surface area contributed by atoms with E-state index in [1.54, 1.807) is 7.11 Å². The number of benzene rings is 1. The van der Waals surface area contributed by atoms with Gasteiger partial charge in [0.1, 0.15) is 5.75 Å². The van der Waals surface area contributed by atoms with Crippen LogP contribution in [0, 0.1) is 0 Å². The molecule has 3 aliphatic rings. The number of hydrogen-bond donors (Lipinski definition) is 2. The van der Waals surface area contributed by atoms with Gasteiger partial charge in [0.15, 0.2) is 5.96 Å². The van der Waals surface area contributed by atoms with Crippen LogP contribution in [0.15, 0.2) is 29.3 Å². The maximum Gasteiger partial charge on any atom is 0.191 e. The molecule has 0 aliphatic carbocycles. The standard InChI is InChI=1S/C20H33N5O.HI/c1-16(17-4-6-19(26-3)7-5-17)8-9-22-20(21-2)23-14-18-15-24-10-12-25(18)13-11-24;/h4-7,16,18H,8-15H2,1-3H3,(H2,21,22,23);1H. The number of aliphatic imine (C=N–C) groups is 1. The number of hydrogen-bond acceptors (Lipinski definition) is 4. The molecule has 4 rings (SSSR count). The molecule has 0 amide bonds. The summed E-state index contributed by atoms with van der Waals surface area (Å²) < 4.78 is 5.23. The molecule has 0 aromatic heterocycles. The Morgan fingerprint density at radius 2 is 1.89 bits per heavy atom. The number of ether oxygens (including phenoxy) is 1. The highest BCUT2D eigenvalue weighted by molar-refractivity contribution is 14.0. The van der Waals surface area contributed by atoms with Gasteiger partial charge in [-0.15, -0.1) is 24.0 Å². The Bertz CT molecular complexity index is 587. The van der Waals surface area contributed by atoms with Crippen LogP contribution in [0.3, 0.4) is 0 Å². The van der Waals surface area contributed by atoms with Crippen molar-refractivity contribution in [3.8, 4) is 5.75 Å². The third-order valence-electron chi connectivity index (χ3n) is 5.68. The minimum Gasteiger partial charge on any atom is -0.497 e. The zero-order valence-electron chi connectivity index (χ0n) is 16.8. The molecule has 6 nitrogen and oxygen atoms in total. The highest BCUT2D eigenvalue weighted by atomic mass is 127. The van der Waals surface area contributed by atoms with Gasteiger partial charge in [-0.2, -0.15) is 0 Å². The summed E-state index contributed by atoms with van der Waals surface area (Å²) in [7, 11) is 3.55. The highest BCUT2D eigenvalue weighted by Crippen LogP contribution is 2.21. The lowest BCUT2D eigenvalue weighted by Gasteiger charge is -2.47. The maximum absolute atomic E-state index is 5.23. The van der Waals surface area contributed by atoms with Gasteiger partial charge in [0.2, 0.25) is 0 Å². The van der Waals surface area contributed by atoms with Crippen molar-refractivity contribution in [3.05, 3.63) is 29.8 Å². The summed E-state index contributed by atoms with van der Waals surface area (Å²) >= 11 is 0. The van der Waals surface area contributed by atoms with Crippen LogP contribution in [0.2, 0.25) is 0 Å². The molecule has 3 heterocycles. The molecule has 2 bridgehead atoms. The lowest BCUT2D eigenvalue weighted by Crippen LogP contribution is -2.63. The zero-order chi connectivity index (χ0) is 18.4. The number of methoxy groups -OCH3 is 1. The number of rotatable bonds is 7. The van der Waals surface area contributed by atoms with Crippen molar-refractivity contribution in [2.45, 2.75) is 25.3 Å². The predicted octanol–water partition coefficient (Wildman–Crippen LogP) is 1.97. The molecule has 152 valence electrons. The smallest absolute Gasteiger partial charge is 0.191 e. The Morgan fingerprint density at radius 1 is 1.19 bits per heavy atom. The van der Waals surface area contributed by atoms with Gasteiger partial charge in [-0.1, -0.05) is 19.1 Å². The fraction of sp³-hybridized carbons (Fsp3) is 0.650. The predicted molar refractivity (Wildman–Crippen MR) is 123 cm³/mol. The SMILES string of the molecule is CN=C(NCCC(C)c1ccc(OC)cc1)NCC1CN2CCN1CC2.I. The van der Waals surface area contributed by atoms with Crippen LogP contribution in [0.25, 0.3) is 0 Å². The summed E-state index contributed by atoms with van der Waals surface area (Å²) in [6, 6.07) is 8.97. The second-order valence-corrected chi connectivity index (χ2v) is 7.33. The summed E-state index contributed by atoms with van der Waals surface area (Å²) in [6.45, 7) is 10.2. The molecule has 3 aliphatic heterocycles. The molecule has 7 heteroatoms. The normalized spacial score (nSPS) is 25.4. The fourth-order valence-corrected chi connectivity index (χ4v) is 3.86. The van der Waals surface area contributed by atoms with Crippen molar-refractivity contribution in [3.63, 3.8) is 0 Å². The molecular weight excluding hydrogens is 453 g/mol. The van der Waals surface area contributed by atoms with Crippen molar-refractivity contribution < 1.29 is 4.74 Å². The molecule has 1 aromatic rings. The van der Waals surface area contributed by atoms with Gasteiger partial charge in [-0.05, 0) is 30.0 Å². The first-order chi connectivity index (χ1) is 12.7. The van der Waals surface area contributed by atoms with Crippen LogP contribution >= 0.6 is 24.0 Å². The van der Waals surface area contributed by atoms with Crippen LogP contribution < -0.4 is 15.4 Å². The molecule has 1 aromatic carbocycles. The van der Waals surface area contributed by atoms with E-state index in [0.29, 0.717) is 12.0 Å². The van der Waals surface area contributed by atoms with Crippen molar-refractivity contribution in [1.82, 2.24) is 20.4 Å². The minimum absolute atomic E-state index is 0. The minimum atomic E-state index is 0. The molecule has 2 unspecified atom stereocenters. The first kappa shape index (κ1) is 22.2. The van der Waals surface area contributed by atoms with Gasteiger partial charge >= 0.3 is 0 Å². The Balaban J connectivity index is 0.00000261. The van der Waals surface area contributed by atoms with Crippen molar-refractivity contribution in [2.24, 2.45) is 4.99 Å². The van der Waals surface area contributed by atoms with E-state index >= 15 is 0 Å². The Morgan fingerprint density at radius 3 is 2.44 bits per heavy atom. The third kappa shape index (κ3) is 6.22. The number of halogens is 1. The van der Waals surface area contributed by atoms with E-state index in [9.17, 15) is 0 Å². The van der Waals surface area contributed by atoms with Crippen LogP contribution in [0.1, 0.15) is 24.8 Å². The van der Waals surface area contributed by atoms with Crippen molar-refractivity contribution in [2.75, 3.05) is 60.0 Å². The topological polar surface area (TPSA) is 52.1 Å². The van der Waals surface area contributed by atoms with E-state index in [0.717, 1.165) is 31.2 Å². The van der Waals surface area contributed by atoms with Gasteiger partial charge in [-0.3, -0.25) is 14.8 Å². The Hall–Kier alpha value is -1.06. The average Bonchev–Trinajstić information content (AvgIpc) is 2.71. The zero-order valence-corrected chi connectivity index (χ0v) is 19.1. The fourth-order valence-electron chi connectivity index (χ4n) is 3.86. The Kier molecular flexibility index (Phi) is 9.11. The average molecular weight is 487 g/mol. The monoisotopic (exact) mass is 487 g/mol. The first-order valence-corrected chi connectivity index (χ1v) is 9.74. The lowest BCUT2D eigenvalue weighted by atomic mass is 9.98. The highest BCUT2D eigenvalue weighted by Gasteiger charge is 2.31. The molecule has 2 atom stereocenters. The summed E-state index contributed by atoms with van der Waals surface area (Å²) in [4.78, 5) is 9.54.